The van der Waals surface area contributed by atoms with Crippen molar-refractivity contribution < 1.29 is 33.4 Å². The minimum absolute atomic E-state index is 0.254. The van der Waals surface area contributed by atoms with Crippen LogP contribution in [0.3, 0.4) is 0 Å². The summed E-state index contributed by atoms with van der Waals surface area (Å²) in [6.07, 6.45) is 2.04. The minimum Gasteiger partial charge on any atom is -0.444 e. The minimum atomic E-state index is -0.573. The molecule has 10 nitrogen and oxygen atoms in total. The molecule has 0 aromatic rings. The Hall–Kier alpha value is -2.62. The molecule has 1 atom stereocenters. The average Bonchev–Trinajstić information content (AvgIpc) is 3.09. The van der Waals surface area contributed by atoms with Gasteiger partial charge in [0.2, 0.25) is 5.91 Å². The maximum atomic E-state index is 12.0. The van der Waals surface area contributed by atoms with Crippen LogP contribution < -0.4 is 5.32 Å². The molecule has 10 heteroatoms. The third-order valence-corrected chi connectivity index (χ3v) is 3.85. The summed E-state index contributed by atoms with van der Waals surface area (Å²) in [7, 11) is 1.60. The molecule has 3 amide bonds. The van der Waals surface area contributed by atoms with Gasteiger partial charge in [0.1, 0.15) is 18.0 Å². The molecule has 1 aliphatic heterocycles. The summed E-state index contributed by atoms with van der Waals surface area (Å²) in [5.74, 6) is -0.292. The van der Waals surface area contributed by atoms with E-state index in [1.54, 1.807) is 27.8 Å². The van der Waals surface area contributed by atoms with Crippen LogP contribution >= 0.6 is 0 Å². The summed E-state index contributed by atoms with van der Waals surface area (Å²) < 4.78 is 15.9. The van der Waals surface area contributed by atoms with Crippen molar-refractivity contribution in [1.82, 2.24) is 15.1 Å². The SMILES string of the molecule is CN(CCOCCNC(=O)OC1CCN(C(=O)OC(C)(C)C)C1)C(=O)/C=C\C=O. The summed E-state index contributed by atoms with van der Waals surface area (Å²) in [6, 6.07) is 0. The molecular formula is C19H31N3O7. The van der Waals surface area contributed by atoms with Crippen molar-refractivity contribution in [1.29, 1.82) is 0 Å². The van der Waals surface area contributed by atoms with E-state index in [1.165, 1.54) is 15.9 Å². The highest BCUT2D eigenvalue weighted by atomic mass is 16.6. The molecule has 0 aromatic carbocycles. The van der Waals surface area contributed by atoms with E-state index in [0.29, 0.717) is 38.9 Å². The highest BCUT2D eigenvalue weighted by molar-refractivity contribution is 5.90. The van der Waals surface area contributed by atoms with Gasteiger partial charge in [0.15, 0.2) is 0 Å². The number of rotatable bonds is 9. The Bertz CT molecular complexity index is 601. The van der Waals surface area contributed by atoms with Gasteiger partial charge in [0, 0.05) is 39.2 Å². The van der Waals surface area contributed by atoms with E-state index < -0.39 is 17.8 Å². The van der Waals surface area contributed by atoms with Gasteiger partial charge >= 0.3 is 12.2 Å². The lowest BCUT2D eigenvalue weighted by Gasteiger charge is -2.24. The largest absolute Gasteiger partial charge is 0.444 e. The predicted octanol–water partition coefficient (Wildman–Crippen LogP) is 0.952. The normalized spacial score (nSPS) is 16.6. The highest BCUT2D eigenvalue weighted by Crippen LogP contribution is 2.17. The number of nitrogens with zero attached hydrogens (tertiary/aromatic N) is 2. The summed E-state index contributed by atoms with van der Waals surface area (Å²) in [5, 5.41) is 2.58. The molecule has 1 heterocycles. The molecule has 0 saturated carbocycles. The van der Waals surface area contributed by atoms with E-state index >= 15 is 0 Å². The first-order valence-electron chi connectivity index (χ1n) is 9.49. The second-order valence-electron chi connectivity index (χ2n) is 7.54. The maximum absolute atomic E-state index is 12.0. The Morgan fingerprint density at radius 2 is 1.97 bits per heavy atom. The van der Waals surface area contributed by atoms with Gasteiger partial charge in [-0.2, -0.15) is 0 Å². The van der Waals surface area contributed by atoms with Crippen molar-refractivity contribution in [2.24, 2.45) is 0 Å². The monoisotopic (exact) mass is 413 g/mol. The van der Waals surface area contributed by atoms with Crippen molar-refractivity contribution >= 4 is 24.4 Å². The van der Waals surface area contributed by atoms with Crippen LogP contribution in [0.2, 0.25) is 0 Å². The number of carbonyl (C=O) groups is 4. The van der Waals surface area contributed by atoms with Gasteiger partial charge < -0.3 is 29.3 Å². The van der Waals surface area contributed by atoms with E-state index in [2.05, 4.69) is 5.32 Å². The zero-order valence-electron chi connectivity index (χ0n) is 17.5. The lowest BCUT2D eigenvalue weighted by molar-refractivity contribution is -0.125. The average molecular weight is 413 g/mol. The van der Waals surface area contributed by atoms with E-state index in [4.69, 9.17) is 14.2 Å². The first kappa shape index (κ1) is 24.4. The maximum Gasteiger partial charge on any atom is 0.410 e. The number of amides is 3. The summed E-state index contributed by atoms with van der Waals surface area (Å²) in [4.78, 5) is 48.5. The molecule has 0 aliphatic carbocycles. The molecule has 164 valence electrons. The number of alkyl carbamates (subject to hydrolysis) is 1. The zero-order valence-corrected chi connectivity index (χ0v) is 17.5. The van der Waals surface area contributed by atoms with Crippen LogP contribution in [0.15, 0.2) is 12.2 Å². The Balaban J connectivity index is 2.13. The molecule has 1 fully saturated rings. The molecule has 1 unspecified atom stereocenters. The molecule has 1 aliphatic rings. The standard InChI is InChI=1S/C19H31N3O7/c1-19(2,3)29-18(26)22-9-7-15(14-22)28-17(25)20-8-12-27-13-10-21(4)16(24)6-5-11-23/h5-6,11,15H,7-10,12-14H2,1-4H3,(H,20,25)/b6-5-. The van der Waals surface area contributed by atoms with Crippen LogP contribution in [0.5, 0.6) is 0 Å². The third-order valence-electron chi connectivity index (χ3n) is 3.85. The number of ether oxygens (including phenoxy) is 3. The summed E-state index contributed by atoms with van der Waals surface area (Å²) in [5.41, 5.74) is -0.568. The van der Waals surface area contributed by atoms with Crippen molar-refractivity contribution in [3.8, 4) is 0 Å². The van der Waals surface area contributed by atoms with Crippen LogP contribution in [0.4, 0.5) is 9.59 Å². The fourth-order valence-electron chi connectivity index (χ4n) is 2.40. The topological polar surface area (TPSA) is 114 Å². The Morgan fingerprint density at radius 1 is 1.24 bits per heavy atom. The first-order chi connectivity index (χ1) is 13.6. The van der Waals surface area contributed by atoms with Gasteiger partial charge in [-0.25, -0.2) is 9.59 Å². The lowest BCUT2D eigenvalue weighted by Crippen LogP contribution is -2.37. The molecule has 1 rings (SSSR count). The van der Waals surface area contributed by atoms with Gasteiger partial charge in [-0.05, 0) is 26.8 Å². The molecular weight excluding hydrogens is 382 g/mol. The Labute approximate surface area is 171 Å². The molecule has 0 spiro atoms. The summed E-state index contributed by atoms with van der Waals surface area (Å²) in [6.45, 7) is 7.33. The fourth-order valence-corrected chi connectivity index (χ4v) is 2.40. The van der Waals surface area contributed by atoms with Gasteiger partial charge in [-0.15, -0.1) is 0 Å². The first-order valence-corrected chi connectivity index (χ1v) is 9.49. The number of allylic oxidation sites excluding steroid dienone is 1. The van der Waals surface area contributed by atoms with Crippen LogP contribution in [-0.4, -0.2) is 92.3 Å². The van der Waals surface area contributed by atoms with Gasteiger partial charge in [0.25, 0.3) is 0 Å². The smallest absolute Gasteiger partial charge is 0.410 e. The van der Waals surface area contributed by atoms with E-state index in [1.807, 2.05) is 0 Å². The number of aldehydes is 1. The zero-order chi connectivity index (χ0) is 21.9. The highest BCUT2D eigenvalue weighted by Gasteiger charge is 2.31. The Kier molecular flexibility index (Phi) is 10.1. The number of nitrogens with one attached hydrogen (secondary N) is 1. The molecule has 0 bridgehead atoms. The predicted molar refractivity (Wildman–Crippen MR) is 104 cm³/mol. The number of carbonyl (C=O) groups excluding carboxylic acids is 4. The number of likely N-dealkylation sites (tertiary alicyclic amines) is 1. The van der Waals surface area contributed by atoms with Crippen LogP contribution in [0.1, 0.15) is 27.2 Å². The van der Waals surface area contributed by atoms with Crippen molar-refractivity contribution in [3.63, 3.8) is 0 Å². The van der Waals surface area contributed by atoms with Gasteiger partial charge in [-0.1, -0.05) is 0 Å². The van der Waals surface area contributed by atoms with Gasteiger partial charge in [0.05, 0.1) is 19.8 Å². The quantitative estimate of drug-likeness (QED) is 0.340. The van der Waals surface area contributed by atoms with Gasteiger partial charge in [-0.3, -0.25) is 9.59 Å². The van der Waals surface area contributed by atoms with Crippen LogP contribution in [0, 0.1) is 0 Å². The van der Waals surface area contributed by atoms with Crippen LogP contribution in [0.25, 0.3) is 0 Å². The molecule has 0 aromatic heterocycles. The Morgan fingerprint density at radius 3 is 2.62 bits per heavy atom. The van der Waals surface area contributed by atoms with Crippen molar-refractivity contribution in [3.05, 3.63) is 12.2 Å². The number of hydrogen-bond acceptors (Lipinski definition) is 7. The molecule has 1 N–H and O–H groups in total. The number of hydrogen-bond donors (Lipinski definition) is 1. The second-order valence-corrected chi connectivity index (χ2v) is 7.54. The molecule has 1 saturated heterocycles. The number of likely N-dealkylation sites (N-methyl/N-ethyl adjacent to an activating group) is 1. The summed E-state index contributed by atoms with van der Waals surface area (Å²) >= 11 is 0. The van der Waals surface area contributed by atoms with E-state index in [9.17, 15) is 19.2 Å². The lowest BCUT2D eigenvalue weighted by atomic mass is 10.2. The van der Waals surface area contributed by atoms with Crippen molar-refractivity contribution in [2.75, 3.05) is 46.4 Å². The van der Waals surface area contributed by atoms with Crippen LogP contribution in [-0.2, 0) is 23.8 Å². The molecule has 29 heavy (non-hydrogen) atoms. The van der Waals surface area contributed by atoms with E-state index in [-0.39, 0.29) is 25.2 Å². The third kappa shape index (κ3) is 10.5. The second kappa shape index (κ2) is 12.1. The van der Waals surface area contributed by atoms with E-state index in [0.717, 1.165) is 6.08 Å². The molecule has 0 radical (unpaired) electrons. The fraction of sp³-hybridized carbons (Fsp3) is 0.684. The van der Waals surface area contributed by atoms with Crippen molar-refractivity contribution in [2.45, 2.75) is 38.9 Å².